The molecular formula is C27H30N2O4. The maximum absolute atomic E-state index is 11.9. The molecule has 3 N–H and O–H groups in total. The van der Waals surface area contributed by atoms with Crippen molar-refractivity contribution in [1.29, 1.82) is 0 Å². The molecule has 1 aromatic heterocycles. The van der Waals surface area contributed by atoms with E-state index in [2.05, 4.69) is 22.5 Å². The Labute approximate surface area is 194 Å². The van der Waals surface area contributed by atoms with Gasteiger partial charge in [-0.25, -0.2) is 0 Å². The molecule has 0 saturated heterocycles. The SMILES string of the molecule is CC.CCC(=O)c1ccc(C#Cc2ccc(NCc3oc(CNC)cc(=O)c3O)cc2)cc1. The first kappa shape index (κ1) is 25.4. The van der Waals surface area contributed by atoms with E-state index in [1.807, 2.05) is 57.2 Å². The van der Waals surface area contributed by atoms with E-state index in [-0.39, 0.29) is 23.8 Å². The second kappa shape index (κ2) is 12.9. The third-order valence-electron chi connectivity index (χ3n) is 4.61. The largest absolute Gasteiger partial charge is 0.502 e. The molecule has 0 saturated carbocycles. The van der Waals surface area contributed by atoms with Crippen molar-refractivity contribution in [3.8, 4) is 17.6 Å². The molecule has 172 valence electrons. The second-order valence-corrected chi connectivity index (χ2v) is 6.91. The van der Waals surface area contributed by atoms with Crippen LogP contribution in [0.25, 0.3) is 0 Å². The van der Waals surface area contributed by atoms with Crippen molar-refractivity contribution in [2.45, 2.75) is 40.3 Å². The van der Waals surface area contributed by atoms with Gasteiger partial charge in [-0.1, -0.05) is 44.7 Å². The van der Waals surface area contributed by atoms with E-state index in [0.717, 1.165) is 16.8 Å². The predicted molar refractivity (Wildman–Crippen MR) is 132 cm³/mol. The van der Waals surface area contributed by atoms with Crippen molar-refractivity contribution in [3.63, 3.8) is 0 Å². The fraction of sp³-hybridized carbons (Fsp3) is 0.259. The lowest BCUT2D eigenvalue weighted by atomic mass is 10.1. The minimum absolute atomic E-state index is 0.115. The van der Waals surface area contributed by atoms with Crippen LogP contribution in [0.2, 0.25) is 0 Å². The second-order valence-electron chi connectivity index (χ2n) is 6.91. The molecule has 0 radical (unpaired) electrons. The molecule has 0 unspecified atom stereocenters. The predicted octanol–water partition coefficient (Wildman–Crippen LogP) is 4.70. The molecule has 0 aliphatic carbocycles. The zero-order chi connectivity index (χ0) is 24.2. The van der Waals surface area contributed by atoms with E-state index in [1.165, 1.54) is 6.07 Å². The van der Waals surface area contributed by atoms with Gasteiger partial charge in [0, 0.05) is 34.9 Å². The van der Waals surface area contributed by atoms with Crippen LogP contribution in [-0.2, 0) is 13.1 Å². The minimum atomic E-state index is -0.467. The van der Waals surface area contributed by atoms with Crippen molar-refractivity contribution < 1.29 is 14.3 Å². The maximum Gasteiger partial charge on any atom is 0.227 e. The summed E-state index contributed by atoms with van der Waals surface area (Å²) in [7, 11) is 1.75. The molecule has 0 aliphatic heterocycles. The van der Waals surface area contributed by atoms with Gasteiger partial charge in [0.25, 0.3) is 0 Å². The summed E-state index contributed by atoms with van der Waals surface area (Å²) < 4.78 is 5.57. The number of Topliss-reactive ketones (excluding diaryl/α,β-unsaturated/α-hetero) is 1. The lowest BCUT2D eigenvalue weighted by molar-refractivity contribution is 0.0988. The Morgan fingerprint density at radius 1 is 0.970 bits per heavy atom. The van der Waals surface area contributed by atoms with E-state index >= 15 is 0 Å². The highest BCUT2D eigenvalue weighted by atomic mass is 16.4. The normalized spacial score (nSPS) is 9.82. The third kappa shape index (κ3) is 7.37. The number of anilines is 1. The molecular weight excluding hydrogens is 416 g/mol. The Kier molecular flexibility index (Phi) is 9.94. The van der Waals surface area contributed by atoms with E-state index in [4.69, 9.17) is 4.42 Å². The van der Waals surface area contributed by atoms with Crippen molar-refractivity contribution in [1.82, 2.24) is 5.32 Å². The topological polar surface area (TPSA) is 91.6 Å². The Morgan fingerprint density at radius 3 is 2.09 bits per heavy atom. The number of aromatic hydroxyl groups is 1. The zero-order valence-electron chi connectivity index (χ0n) is 19.5. The number of rotatable bonds is 7. The van der Waals surface area contributed by atoms with Gasteiger partial charge in [-0.15, -0.1) is 0 Å². The molecule has 33 heavy (non-hydrogen) atoms. The number of carbonyl (C=O) groups is 1. The molecule has 3 rings (SSSR count). The molecule has 0 atom stereocenters. The standard InChI is InChI=1S/C25H24N2O4.C2H6/c1-3-22(28)19-10-6-17(7-11-19)4-5-18-8-12-20(13-9-18)27-16-24-25(30)23(29)14-21(31-24)15-26-2;1-2/h6-14,26-27,30H,3,15-16H2,1-2H3;1-2H3. The van der Waals surface area contributed by atoms with Crippen LogP contribution >= 0.6 is 0 Å². The summed E-state index contributed by atoms with van der Waals surface area (Å²) in [6.07, 6.45) is 0.485. The molecule has 3 aromatic rings. The summed E-state index contributed by atoms with van der Waals surface area (Å²) >= 11 is 0. The number of benzene rings is 2. The molecule has 2 aromatic carbocycles. The molecule has 1 heterocycles. The highest BCUT2D eigenvalue weighted by molar-refractivity contribution is 5.95. The van der Waals surface area contributed by atoms with Crippen LogP contribution < -0.4 is 16.1 Å². The van der Waals surface area contributed by atoms with Crippen LogP contribution in [0.15, 0.2) is 63.8 Å². The molecule has 6 nitrogen and oxygen atoms in total. The van der Waals surface area contributed by atoms with Gasteiger partial charge in [-0.05, 0) is 43.4 Å². The first-order valence-corrected chi connectivity index (χ1v) is 11.0. The van der Waals surface area contributed by atoms with Crippen LogP contribution in [-0.4, -0.2) is 17.9 Å². The van der Waals surface area contributed by atoms with E-state index < -0.39 is 5.43 Å². The first-order chi connectivity index (χ1) is 16.0. The smallest absolute Gasteiger partial charge is 0.227 e. The number of hydrogen-bond acceptors (Lipinski definition) is 6. The first-order valence-electron chi connectivity index (χ1n) is 11.0. The molecule has 0 aliphatic rings. The van der Waals surface area contributed by atoms with Gasteiger partial charge in [0.1, 0.15) is 5.76 Å². The fourth-order valence-corrected chi connectivity index (χ4v) is 2.91. The van der Waals surface area contributed by atoms with Crippen molar-refractivity contribution >= 4 is 11.5 Å². The Bertz CT molecular complexity index is 1170. The Hall–Kier alpha value is -3.82. The monoisotopic (exact) mass is 446 g/mol. The van der Waals surface area contributed by atoms with Gasteiger partial charge < -0.3 is 20.2 Å². The highest BCUT2D eigenvalue weighted by Gasteiger charge is 2.11. The average Bonchev–Trinajstić information content (AvgIpc) is 2.86. The van der Waals surface area contributed by atoms with Gasteiger partial charge in [0.05, 0.1) is 13.1 Å². The van der Waals surface area contributed by atoms with E-state index in [1.54, 1.807) is 19.2 Å². The average molecular weight is 447 g/mol. The van der Waals surface area contributed by atoms with Crippen molar-refractivity contribution in [3.05, 3.63) is 93.0 Å². The fourth-order valence-electron chi connectivity index (χ4n) is 2.91. The van der Waals surface area contributed by atoms with Gasteiger partial charge in [0.2, 0.25) is 11.2 Å². The Balaban J connectivity index is 0.00000187. The Morgan fingerprint density at radius 2 is 1.55 bits per heavy atom. The number of nitrogens with one attached hydrogen (secondary N) is 2. The van der Waals surface area contributed by atoms with E-state index in [0.29, 0.717) is 24.3 Å². The van der Waals surface area contributed by atoms with Crippen molar-refractivity contribution in [2.75, 3.05) is 12.4 Å². The van der Waals surface area contributed by atoms with Crippen LogP contribution in [0, 0.1) is 11.8 Å². The molecule has 6 heteroatoms. The molecule has 0 amide bonds. The van der Waals surface area contributed by atoms with Gasteiger partial charge in [-0.3, -0.25) is 9.59 Å². The van der Waals surface area contributed by atoms with Crippen molar-refractivity contribution in [2.24, 2.45) is 0 Å². The molecule has 0 fully saturated rings. The van der Waals surface area contributed by atoms with Crippen LogP contribution in [0.4, 0.5) is 5.69 Å². The zero-order valence-corrected chi connectivity index (χ0v) is 19.5. The summed E-state index contributed by atoms with van der Waals surface area (Å²) in [4.78, 5) is 23.5. The summed E-state index contributed by atoms with van der Waals surface area (Å²) in [6.45, 7) is 6.41. The number of hydrogen-bond donors (Lipinski definition) is 3. The highest BCUT2D eigenvalue weighted by Crippen LogP contribution is 2.17. The maximum atomic E-state index is 11.9. The summed E-state index contributed by atoms with van der Waals surface area (Å²) in [5.41, 5.74) is 2.70. The van der Waals surface area contributed by atoms with Crippen LogP contribution in [0.3, 0.4) is 0 Å². The van der Waals surface area contributed by atoms with Gasteiger partial charge >= 0.3 is 0 Å². The minimum Gasteiger partial charge on any atom is -0.502 e. The lowest BCUT2D eigenvalue weighted by Crippen LogP contribution is -2.12. The van der Waals surface area contributed by atoms with E-state index in [9.17, 15) is 14.7 Å². The van der Waals surface area contributed by atoms with Gasteiger partial charge in [-0.2, -0.15) is 0 Å². The summed E-state index contributed by atoms with van der Waals surface area (Å²) in [5, 5.41) is 16.0. The van der Waals surface area contributed by atoms with Crippen LogP contribution in [0.1, 0.15) is 60.2 Å². The summed E-state index contributed by atoms with van der Waals surface area (Å²) in [5.74, 6) is 6.55. The lowest BCUT2D eigenvalue weighted by Gasteiger charge is -2.09. The molecule has 0 spiro atoms. The number of carbonyl (C=O) groups excluding carboxylic acids is 1. The molecule has 0 bridgehead atoms. The van der Waals surface area contributed by atoms with Crippen LogP contribution in [0.5, 0.6) is 5.75 Å². The van der Waals surface area contributed by atoms with Gasteiger partial charge in [0.15, 0.2) is 11.5 Å². The number of ketones is 1. The third-order valence-corrected chi connectivity index (χ3v) is 4.61. The summed E-state index contributed by atoms with van der Waals surface area (Å²) in [6, 6.07) is 16.0. The quantitative estimate of drug-likeness (QED) is 0.360.